The van der Waals surface area contributed by atoms with Gasteiger partial charge in [0.2, 0.25) is 5.91 Å². The molecule has 5 nitrogen and oxygen atoms in total. The topological polar surface area (TPSA) is 52.7 Å². The zero-order valence-corrected chi connectivity index (χ0v) is 21.9. The van der Waals surface area contributed by atoms with E-state index in [1.807, 2.05) is 37.3 Å². The fourth-order valence-corrected chi connectivity index (χ4v) is 4.95. The number of hydrogen-bond donors (Lipinski definition) is 1. The zero-order chi connectivity index (χ0) is 25.1. The first kappa shape index (κ1) is 25.5. The van der Waals surface area contributed by atoms with E-state index in [2.05, 4.69) is 5.32 Å². The van der Waals surface area contributed by atoms with Crippen molar-refractivity contribution < 1.29 is 9.59 Å². The van der Waals surface area contributed by atoms with Crippen LogP contribution in [0.25, 0.3) is 0 Å². The molecule has 0 aliphatic carbocycles. The van der Waals surface area contributed by atoms with Crippen LogP contribution in [-0.4, -0.2) is 34.4 Å². The van der Waals surface area contributed by atoms with Gasteiger partial charge in [-0.2, -0.15) is 0 Å². The molecule has 9 heteroatoms. The van der Waals surface area contributed by atoms with Gasteiger partial charge < -0.3 is 10.2 Å². The Bertz CT molecular complexity index is 1270. The van der Waals surface area contributed by atoms with Crippen molar-refractivity contribution >= 4 is 75.3 Å². The van der Waals surface area contributed by atoms with Crippen LogP contribution in [-0.2, 0) is 16.0 Å². The van der Waals surface area contributed by atoms with E-state index >= 15 is 0 Å². The highest BCUT2D eigenvalue weighted by atomic mass is 35.5. The summed E-state index contributed by atoms with van der Waals surface area (Å²) in [6.45, 7) is 2.38. The van der Waals surface area contributed by atoms with Crippen LogP contribution < -0.4 is 10.2 Å². The van der Waals surface area contributed by atoms with Crippen molar-refractivity contribution in [2.45, 2.75) is 25.8 Å². The number of nitrogens with zero attached hydrogens (tertiary/aromatic N) is 2. The molecular formula is C26H22Cl3N3O2S. The number of carbonyl (C=O) groups is 2. The first-order valence-corrected chi connectivity index (χ1v) is 12.5. The Hall–Kier alpha value is -2.64. The second kappa shape index (κ2) is 11.0. The average molecular weight is 547 g/mol. The molecule has 180 valence electrons. The van der Waals surface area contributed by atoms with Crippen LogP contribution in [0.15, 0.2) is 66.7 Å². The van der Waals surface area contributed by atoms with Gasteiger partial charge in [0.25, 0.3) is 5.91 Å². The van der Waals surface area contributed by atoms with Crippen LogP contribution >= 0.6 is 47.0 Å². The fourth-order valence-electron chi connectivity index (χ4n) is 3.91. The van der Waals surface area contributed by atoms with Crippen LogP contribution in [0.3, 0.4) is 0 Å². The Balaban J connectivity index is 1.57. The number of anilines is 2. The van der Waals surface area contributed by atoms with E-state index in [0.717, 1.165) is 11.1 Å². The molecule has 4 rings (SSSR count). The third kappa shape index (κ3) is 5.96. The van der Waals surface area contributed by atoms with Crippen molar-refractivity contribution in [1.82, 2.24) is 4.90 Å². The van der Waals surface area contributed by atoms with Crippen molar-refractivity contribution in [3.63, 3.8) is 0 Å². The second-order valence-corrected chi connectivity index (χ2v) is 9.89. The molecule has 1 aliphatic rings. The van der Waals surface area contributed by atoms with Crippen molar-refractivity contribution in [1.29, 1.82) is 0 Å². The summed E-state index contributed by atoms with van der Waals surface area (Å²) in [5, 5.41) is 4.85. The number of thiocarbonyl (C=S) groups is 1. The molecule has 1 atom stereocenters. The van der Waals surface area contributed by atoms with Crippen molar-refractivity contribution in [2.75, 3.05) is 16.8 Å². The Morgan fingerprint density at radius 2 is 1.63 bits per heavy atom. The quantitative estimate of drug-likeness (QED) is 0.342. The number of halogens is 3. The van der Waals surface area contributed by atoms with E-state index in [-0.39, 0.29) is 18.2 Å². The lowest BCUT2D eigenvalue weighted by Crippen LogP contribution is -2.39. The van der Waals surface area contributed by atoms with Crippen molar-refractivity contribution in [3.05, 3.63) is 92.9 Å². The Labute approximate surface area is 224 Å². The van der Waals surface area contributed by atoms with E-state index in [4.69, 9.17) is 47.0 Å². The maximum Gasteiger partial charge on any atom is 0.256 e. The number of carbonyl (C=O) groups excluding carboxylic acids is 2. The number of rotatable bonds is 7. The first-order chi connectivity index (χ1) is 16.7. The van der Waals surface area contributed by atoms with Gasteiger partial charge in [-0.1, -0.05) is 58.6 Å². The van der Waals surface area contributed by atoms with E-state index in [1.165, 1.54) is 4.90 Å². The van der Waals surface area contributed by atoms with Crippen LogP contribution in [0.1, 0.15) is 17.5 Å². The van der Waals surface area contributed by atoms with E-state index in [0.29, 0.717) is 44.5 Å². The normalized spacial score (nSPS) is 15.6. The van der Waals surface area contributed by atoms with Gasteiger partial charge >= 0.3 is 0 Å². The molecule has 35 heavy (non-hydrogen) atoms. The molecule has 2 amide bonds. The maximum absolute atomic E-state index is 13.5. The molecule has 0 radical (unpaired) electrons. The van der Waals surface area contributed by atoms with E-state index in [9.17, 15) is 9.59 Å². The number of benzene rings is 3. The van der Waals surface area contributed by atoms with Crippen LogP contribution in [0.5, 0.6) is 0 Å². The second-order valence-electron chi connectivity index (χ2n) is 8.25. The third-order valence-corrected chi connectivity index (χ3v) is 7.01. The molecular weight excluding hydrogens is 525 g/mol. The minimum atomic E-state index is -0.748. The highest BCUT2D eigenvalue weighted by Gasteiger charge is 2.43. The Morgan fingerprint density at radius 3 is 2.29 bits per heavy atom. The molecule has 3 aromatic rings. The van der Waals surface area contributed by atoms with Crippen LogP contribution in [0, 0.1) is 6.92 Å². The average Bonchev–Trinajstić information content (AvgIpc) is 3.04. The molecule has 0 bridgehead atoms. The SMILES string of the molecule is Cc1ccc(N2C(=O)[C@H](CC(=O)Nc3ccc(Cl)cc3)N(CCc3ccc(Cl)cc3Cl)C2=S)cc1. The summed E-state index contributed by atoms with van der Waals surface area (Å²) < 4.78 is 0. The lowest BCUT2D eigenvalue weighted by molar-refractivity contribution is -0.124. The van der Waals surface area contributed by atoms with Gasteiger partial charge in [0.05, 0.1) is 12.1 Å². The molecule has 3 aromatic carbocycles. The zero-order valence-electron chi connectivity index (χ0n) is 18.8. The lowest BCUT2D eigenvalue weighted by atomic mass is 10.1. The Morgan fingerprint density at radius 1 is 0.971 bits per heavy atom. The van der Waals surface area contributed by atoms with E-state index < -0.39 is 6.04 Å². The van der Waals surface area contributed by atoms with Gasteiger partial charge in [0, 0.05) is 27.3 Å². The molecule has 0 unspecified atom stereocenters. The Kier molecular flexibility index (Phi) is 7.97. The minimum Gasteiger partial charge on any atom is -0.336 e. The van der Waals surface area contributed by atoms with Crippen LogP contribution in [0.4, 0.5) is 11.4 Å². The highest BCUT2D eigenvalue weighted by molar-refractivity contribution is 7.80. The predicted molar refractivity (Wildman–Crippen MR) is 147 cm³/mol. The summed E-state index contributed by atoms with van der Waals surface area (Å²) in [4.78, 5) is 29.7. The van der Waals surface area contributed by atoms with Gasteiger partial charge in [-0.05, 0) is 79.7 Å². The van der Waals surface area contributed by atoms with Gasteiger partial charge in [-0.15, -0.1) is 0 Å². The molecule has 1 fully saturated rings. The summed E-state index contributed by atoms with van der Waals surface area (Å²) in [5.41, 5.74) is 3.21. The van der Waals surface area contributed by atoms with Gasteiger partial charge in [-0.25, -0.2) is 0 Å². The number of aryl methyl sites for hydroxylation is 1. The monoisotopic (exact) mass is 545 g/mol. The molecule has 1 saturated heterocycles. The summed E-state index contributed by atoms with van der Waals surface area (Å²) in [6, 6.07) is 18.9. The smallest absolute Gasteiger partial charge is 0.256 e. The maximum atomic E-state index is 13.5. The number of hydrogen-bond acceptors (Lipinski definition) is 3. The lowest BCUT2D eigenvalue weighted by Gasteiger charge is -2.24. The fraction of sp³-hybridized carbons (Fsp3) is 0.192. The summed E-state index contributed by atoms with van der Waals surface area (Å²) in [6.07, 6.45) is 0.471. The number of amides is 2. The summed E-state index contributed by atoms with van der Waals surface area (Å²) in [5.74, 6) is -0.541. The van der Waals surface area contributed by atoms with Gasteiger partial charge in [-0.3, -0.25) is 14.5 Å². The van der Waals surface area contributed by atoms with Crippen LogP contribution in [0.2, 0.25) is 15.1 Å². The number of nitrogens with one attached hydrogen (secondary N) is 1. The summed E-state index contributed by atoms with van der Waals surface area (Å²) in [7, 11) is 0. The molecule has 1 heterocycles. The van der Waals surface area contributed by atoms with E-state index in [1.54, 1.807) is 41.3 Å². The minimum absolute atomic E-state index is 0.0572. The highest BCUT2D eigenvalue weighted by Crippen LogP contribution is 2.29. The third-order valence-electron chi connectivity index (χ3n) is 5.75. The molecule has 1 N–H and O–H groups in total. The molecule has 0 aromatic heterocycles. The molecule has 1 aliphatic heterocycles. The molecule has 0 spiro atoms. The van der Waals surface area contributed by atoms with Crippen molar-refractivity contribution in [3.8, 4) is 0 Å². The predicted octanol–water partition coefficient (Wildman–Crippen LogP) is 6.53. The summed E-state index contributed by atoms with van der Waals surface area (Å²) >= 11 is 24.0. The van der Waals surface area contributed by atoms with Gasteiger partial charge in [0.15, 0.2) is 5.11 Å². The largest absolute Gasteiger partial charge is 0.336 e. The molecule has 0 saturated carbocycles. The van der Waals surface area contributed by atoms with Crippen molar-refractivity contribution in [2.24, 2.45) is 0 Å². The van der Waals surface area contributed by atoms with Gasteiger partial charge in [0.1, 0.15) is 6.04 Å². The standard InChI is InChI=1S/C26H22Cl3N3O2S/c1-16-2-10-21(11-3-16)32-25(34)23(15-24(33)30-20-8-6-18(27)7-9-20)31(26(32)35)13-12-17-4-5-19(28)14-22(17)29/h2-11,14,23H,12-13,15H2,1H3,(H,30,33)/t23-/m0/s1. The first-order valence-electron chi connectivity index (χ1n) is 10.9.